The van der Waals surface area contributed by atoms with Gasteiger partial charge in [-0.3, -0.25) is 4.68 Å². The van der Waals surface area contributed by atoms with E-state index in [1.807, 2.05) is 13.2 Å². The van der Waals surface area contributed by atoms with Crippen molar-refractivity contribution in [2.24, 2.45) is 13.0 Å². The van der Waals surface area contributed by atoms with Crippen molar-refractivity contribution in [3.8, 4) is 0 Å². The van der Waals surface area contributed by atoms with Crippen LogP contribution in [0, 0.1) is 5.92 Å². The number of rotatable bonds is 3. The smallest absolute Gasteiger partial charge is 0.0852 e. The third kappa shape index (κ3) is 2.10. The van der Waals surface area contributed by atoms with Crippen LogP contribution in [-0.2, 0) is 13.5 Å². The molecule has 0 bridgehead atoms. The van der Waals surface area contributed by atoms with Crippen molar-refractivity contribution in [1.29, 1.82) is 0 Å². The van der Waals surface area contributed by atoms with Crippen LogP contribution in [0.25, 0.3) is 0 Å². The Labute approximate surface area is 83.1 Å². The molecule has 1 aliphatic rings. The minimum atomic E-state index is -0.290. The summed E-state index contributed by atoms with van der Waals surface area (Å²) in [5, 5.41) is 20.9. The Balaban J connectivity index is 1.90. The Morgan fingerprint density at radius 1 is 1.79 bits per heavy atom. The molecule has 2 N–H and O–H groups in total. The average molecular weight is 196 g/mol. The summed E-state index contributed by atoms with van der Waals surface area (Å²) in [6.07, 6.45) is 3.23. The van der Waals surface area contributed by atoms with Crippen molar-refractivity contribution in [2.75, 3.05) is 13.1 Å². The fourth-order valence-corrected chi connectivity index (χ4v) is 1.88. The molecule has 14 heavy (non-hydrogen) atoms. The van der Waals surface area contributed by atoms with Crippen molar-refractivity contribution in [1.82, 2.24) is 20.3 Å². The van der Waals surface area contributed by atoms with Crippen LogP contribution in [0.3, 0.4) is 0 Å². The predicted octanol–water partition coefficient (Wildman–Crippen LogP) is -0.672. The molecule has 1 aliphatic heterocycles. The van der Waals surface area contributed by atoms with E-state index in [0.29, 0.717) is 12.3 Å². The van der Waals surface area contributed by atoms with E-state index in [1.165, 1.54) is 0 Å². The predicted molar refractivity (Wildman–Crippen MR) is 51.7 cm³/mol. The first-order valence-corrected chi connectivity index (χ1v) is 4.99. The monoisotopic (exact) mass is 196 g/mol. The van der Waals surface area contributed by atoms with Gasteiger partial charge in [-0.2, -0.15) is 0 Å². The zero-order valence-electron chi connectivity index (χ0n) is 8.35. The van der Waals surface area contributed by atoms with Crippen molar-refractivity contribution in [2.45, 2.75) is 18.9 Å². The molecule has 1 aromatic rings. The van der Waals surface area contributed by atoms with Gasteiger partial charge in [0.25, 0.3) is 0 Å². The van der Waals surface area contributed by atoms with E-state index in [-0.39, 0.29) is 6.10 Å². The molecule has 2 atom stereocenters. The Morgan fingerprint density at radius 3 is 3.21 bits per heavy atom. The maximum absolute atomic E-state index is 9.89. The van der Waals surface area contributed by atoms with E-state index >= 15 is 0 Å². The highest BCUT2D eigenvalue weighted by molar-refractivity contribution is 4.96. The molecule has 0 amide bonds. The molecule has 1 fully saturated rings. The van der Waals surface area contributed by atoms with Gasteiger partial charge in [0, 0.05) is 26.2 Å². The fraction of sp³-hybridized carbons (Fsp3) is 0.778. The van der Waals surface area contributed by atoms with Crippen LogP contribution in [0.15, 0.2) is 6.20 Å². The van der Waals surface area contributed by atoms with E-state index in [1.54, 1.807) is 4.68 Å². The molecule has 0 saturated carbocycles. The van der Waals surface area contributed by atoms with E-state index in [9.17, 15) is 5.11 Å². The number of aliphatic hydroxyl groups excluding tert-OH is 1. The van der Waals surface area contributed by atoms with Crippen molar-refractivity contribution >= 4 is 0 Å². The molecule has 2 rings (SSSR count). The second-order valence-electron chi connectivity index (χ2n) is 3.91. The third-order valence-electron chi connectivity index (χ3n) is 2.71. The molecule has 78 valence electrons. The van der Waals surface area contributed by atoms with Gasteiger partial charge >= 0.3 is 0 Å². The summed E-state index contributed by atoms with van der Waals surface area (Å²) in [5.41, 5.74) is 0.868. The van der Waals surface area contributed by atoms with Gasteiger partial charge < -0.3 is 10.4 Å². The topological polar surface area (TPSA) is 63.0 Å². The summed E-state index contributed by atoms with van der Waals surface area (Å²) in [6, 6.07) is 0. The first kappa shape index (κ1) is 9.61. The summed E-state index contributed by atoms with van der Waals surface area (Å²) in [6.45, 7) is 1.93. The maximum atomic E-state index is 9.89. The molecule has 0 aromatic carbocycles. The first-order chi connectivity index (χ1) is 6.75. The Kier molecular flexibility index (Phi) is 2.79. The lowest BCUT2D eigenvalue weighted by Gasteiger charge is -2.14. The van der Waals surface area contributed by atoms with Crippen molar-refractivity contribution in [3.05, 3.63) is 11.9 Å². The average Bonchev–Trinajstić information content (AvgIpc) is 2.75. The molecule has 5 heteroatoms. The summed E-state index contributed by atoms with van der Waals surface area (Å²) in [7, 11) is 1.83. The van der Waals surface area contributed by atoms with Gasteiger partial charge in [-0.25, -0.2) is 0 Å². The van der Waals surface area contributed by atoms with Gasteiger partial charge in [0.1, 0.15) is 0 Å². The largest absolute Gasteiger partial charge is 0.392 e. The van der Waals surface area contributed by atoms with Crippen LogP contribution in [0.2, 0.25) is 0 Å². The van der Waals surface area contributed by atoms with Crippen molar-refractivity contribution in [3.63, 3.8) is 0 Å². The number of aryl methyl sites for hydroxylation is 1. The molecule has 1 aromatic heterocycles. The van der Waals surface area contributed by atoms with Gasteiger partial charge in [0.05, 0.1) is 11.8 Å². The number of aromatic nitrogens is 3. The van der Waals surface area contributed by atoms with E-state index in [2.05, 4.69) is 15.6 Å². The molecule has 0 radical (unpaired) electrons. The van der Waals surface area contributed by atoms with E-state index in [4.69, 9.17) is 0 Å². The highest BCUT2D eigenvalue weighted by atomic mass is 16.3. The van der Waals surface area contributed by atoms with E-state index in [0.717, 1.165) is 25.2 Å². The summed E-state index contributed by atoms with van der Waals surface area (Å²) in [5.74, 6) is 0.372. The normalized spacial score (nSPS) is 24.0. The SMILES string of the molecule is Cn1cc(CC(O)[C@H]2CCNC2)nn1. The van der Waals surface area contributed by atoms with Gasteiger partial charge in [-0.1, -0.05) is 5.21 Å². The fourth-order valence-electron chi connectivity index (χ4n) is 1.88. The van der Waals surface area contributed by atoms with Crippen LogP contribution in [0.1, 0.15) is 12.1 Å². The van der Waals surface area contributed by atoms with Gasteiger partial charge in [-0.15, -0.1) is 5.10 Å². The molecule has 1 unspecified atom stereocenters. The van der Waals surface area contributed by atoms with Crippen molar-refractivity contribution < 1.29 is 5.11 Å². The third-order valence-corrected chi connectivity index (χ3v) is 2.71. The molecule has 0 spiro atoms. The van der Waals surface area contributed by atoms with Gasteiger partial charge in [0.15, 0.2) is 0 Å². The zero-order chi connectivity index (χ0) is 9.97. The van der Waals surface area contributed by atoms with Crippen LogP contribution >= 0.6 is 0 Å². The highest BCUT2D eigenvalue weighted by Crippen LogP contribution is 2.15. The first-order valence-electron chi connectivity index (χ1n) is 4.99. The molecular formula is C9H16N4O. The highest BCUT2D eigenvalue weighted by Gasteiger charge is 2.23. The second-order valence-corrected chi connectivity index (χ2v) is 3.91. The van der Waals surface area contributed by atoms with Gasteiger partial charge in [0.2, 0.25) is 0 Å². The summed E-state index contributed by atoms with van der Waals surface area (Å²) in [4.78, 5) is 0. The molecule has 0 aliphatic carbocycles. The molecule has 2 heterocycles. The maximum Gasteiger partial charge on any atom is 0.0852 e. The van der Waals surface area contributed by atoms with Crippen LogP contribution < -0.4 is 5.32 Å². The zero-order valence-corrected chi connectivity index (χ0v) is 8.35. The lowest BCUT2D eigenvalue weighted by molar-refractivity contribution is 0.116. The second kappa shape index (κ2) is 4.06. The Bertz CT molecular complexity index is 293. The molecular weight excluding hydrogens is 180 g/mol. The number of nitrogens with one attached hydrogen (secondary N) is 1. The summed E-state index contributed by atoms with van der Waals surface area (Å²) < 4.78 is 1.66. The summed E-state index contributed by atoms with van der Waals surface area (Å²) >= 11 is 0. The quantitative estimate of drug-likeness (QED) is 0.673. The Morgan fingerprint density at radius 2 is 2.64 bits per heavy atom. The molecule has 1 saturated heterocycles. The number of nitrogens with zero attached hydrogens (tertiary/aromatic N) is 3. The minimum absolute atomic E-state index is 0.290. The minimum Gasteiger partial charge on any atom is -0.392 e. The number of hydrogen-bond acceptors (Lipinski definition) is 4. The molecule has 5 nitrogen and oxygen atoms in total. The van der Waals surface area contributed by atoms with Crippen LogP contribution in [0.4, 0.5) is 0 Å². The van der Waals surface area contributed by atoms with Crippen LogP contribution in [0.5, 0.6) is 0 Å². The van der Waals surface area contributed by atoms with Crippen LogP contribution in [-0.4, -0.2) is 39.3 Å². The number of aliphatic hydroxyl groups is 1. The Hall–Kier alpha value is -0.940. The van der Waals surface area contributed by atoms with E-state index < -0.39 is 0 Å². The lowest BCUT2D eigenvalue weighted by atomic mass is 9.98. The number of hydrogen-bond donors (Lipinski definition) is 2. The standard InChI is InChI=1S/C9H16N4O/c1-13-6-8(11-12-13)4-9(14)7-2-3-10-5-7/h6-7,9-10,14H,2-5H2,1H3/t7-,9?/m0/s1. The van der Waals surface area contributed by atoms with Gasteiger partial charge in [-0.05, 0) is 18.9 Å². The lowest BCUT2D eigenvalue weighted by Crippen LogP contribution is -2.25.